The molecule has 1 aliphatic heterocycles. The highest BCUT2D eigenvalue weighted by Crippen LogP contribution is 2.02. The number of unbranched alkanes of at least 4 members (excludes halogenated alkanes) is 1. The number of ether oxygens (including phenoxy) is 2. The van der Waals surface area contributed by atoms with Crippen molar-refractivity contribution >= 4 is 11.9 Å². The predicted molar refractivity (Wildman–Crippen MR) is 96.4 cm³/mol. The Bertz CT molecular complexity index is 369. The van der Waals surface area contributed by atoms with Crippen LogP contribution in [0.2, 0.25) is 0 Å². The van der Waals surface area contributed by atoms with Gasteiger partial charge in [-0.25, -0.2) is 0 Å². The number of hydrogen-bond acceptors (Lipinski definition) is 4. The van der Waals surface area contributed by atoms with E-state index in [4.69, 9.17) is 9.47 Å². The molecule has 1 heterocycles. The van der Waals surface area contributed by atoms with Gasteiger partial charge in [0.2, 0.25) is 5.91 Å². The summed E-state index contributed by atoms with van der Waals surface area (Å²) in [5, 5.41) is 3.31. The smallest absolute Gasteiger partial charge is 0.219 e. The van der Waals surface area contributed by atoms with E-state index in [-0.39, 0.29) is 5.91 Å². The van der Waals surface area contributed by atoms with Crippen LogP contribution in [0.25, 0.3) is 0 Å². The molecule has 1 N–H and O–H groups in total. The fourth-order valence-electron chi connectivity index (χ4n) is 2.44. The maximum absolute atomic E-state index is 11.4. The largest absolute Gasteiger partial charge is 0.379 e. The van der Waals surface area contributed by atoms with Crippen LogP contribution in [0.5, 0.6) is 0 Å². The van der Waals surface area contributed by atoms with E-state index in [0.29, 0.717) is 26.4 Å². The van der Waals surface area contributed by atoms with Gasteiger partial charge >= 0.3 is 0 Å². The summed E-state index contributed by atoms with van der Waals surface area (Å²) in [6.45, 7) is 13.1. The zero-order valence-electron chi connectivity index (χ0n) is 15.6. The summed E-state index contributed by atoms with van der Waals surface area (Å²) in [7, 11) is 0. The molecule has 0 aromatic heterocycles. The Kier molecular flexibility index (Phi) is 11.2. The molecule has 140 valence electrons. The van der Waals surface area contributed by atoms with Gasteiger partial charge in [0.25, 0.3) is 0 Å². The second-order valence-electron chi connectivity index (χ2n) is 5.81. The lowest BCUT2D eigenvalue weighted by molar-refractivity contribution is -0.130. The molecule has 1 amide bonds. The molecule has 0 aromatic carbocycles. The van der Waals surface area contributed by atoms with Crippen molar-refractivity contribution in [3.05, 3.63) is 0 Å². The summed E-state index contributed by atoms with van der Waals surface area (Å²) in [6, 6.07) is 0. The average Bonchev–Trinajstić information content (AvgIpc) is 2.59. The first-order valence-electron chi connectivity index (χ1n) is 9.13. The third-order valence-corrected chi connectivity index (χ3v) is 3.87. The lowest BCUT2D eigenvalue weighted by Gasteiger charge is -2.36. The molecule has 7 nitrogen and oxygen atoms in total. The highest BCUT2D eigenvalue weighted by molar-refractivity contribution is 5.80. The Morgan fingerprint density at radius 1 is 1.00 bits per heavy atom. The monoisotopic (exact) mass is 342 g/mol. The maximum atomic E-state index is 11.4. The van der Waals surface area contributed by atoms with Gasteiger partial charge in [-0.1, -0.05) is 13.3 Å². The summed E-state index contributed by atoms with van der Waals surface area (Å²) >= 11 is 0. The normalized spacial score (nSPS) is 15.7. The number of nitrogens with one attached hydrogen (secondary N) is 1. The zero-order valence-corrected chi connectivity index (χ0v) is 15.6. The van der Waals surface area contributed by atoms with Crippen LogP contribution in [-0.4, -0.2) is 87.4 Å². The number of guanidine groups is 1. The van der Waals surface area contributed by atoms with Crippen molar-refractivity contribution in [2.24, 2.45) is 4.99 Å². The highest BCUT2D eigenvalue weighted by Gasteiger charge is 2.20. The van der Waals surface area contributed by atoms with E-state index >= 15 is 0 Å². The number of nitrogens with zero attached hydrogens (tertiary/aromatic N) is 3. The van der Waals surface area contributed by atoms with E-state index in [1.54, 1.807) is 6.92 Å². The van der Waals surface area contributed by atoms with Crippen molar-refractivity contribution in [2.45, 2.75) is 33.6 Å². The Labute approximate surface area is 146 Å². The van der Waals surface area contributed by atoms with E-state index in [2.05, 4.69) is 29.1 Å². The zero-order chi connectivity index (χ0) is 17.6. The maximum Gasteiger partial charge on any atom is 0.219 e. The topological polar surface area (TPSA) is 66.4 Å². The molecular weight excluding hydrogens is 308 g/mol. The molecule has 0 spiro atoms. The van der Waals surface area contributed by atoms with E-state index in [1.807, 2.05) is 4.90 Å². The standard InChI is InChI=1S/C17H34N4O3/c1-4-6-12-23-14-15-24-13-7-19-17(18-5-2)21-10-8-20(9-11-21)16(3)22/h4-15H2,1-3H3,(H,18,19). The van der Waals surface area contributed by atoms with Crippen LogP contribution < -0.4 is 5.32 Å². The van der Waals surface area contributed by atoms with Gasteiger partial charge in [0.05, 0.1) is 26.4 Å². The van der Waals surface area contributed by atoms with Gasteiger partial charge in [0.15, 0.2) is 5.96 Å². The van der Waals surface area contributed by atoms with Crippen molar-refractivity contribution in [1.82, 2.24) is 15.1 Å². The molecule has 1 fully saturated rings. The van der Waals surface area contributed by atoms with Crippen molar-refractivity contribution < 1.29 is 14.3 Å². The lowest BCUT2D eigenvalue weighted by atomic mass is 10.3. The highest BCUT2D eigenvalue weighted by atomic mass is 16.5. The van der Waals surface area contributed by atoms with Crippen molar-refractivity contribution in [3.8, 4) is 0 Å². The quantitative estimate of drug-likeness (QED) is 0.364. The number of amides is 1. The van der Waals surface area contributed by atoms with Crippen LogP contribution in [0, 0.1) is 0 Å². The molecule has 0 saturated carbocycles. The minimum atomic E-state index is 0.145. The summed E-state index contributed by atoms with van der Waals surface area (Å²) in [4.78, 5) is 20.1. The Morgan fingerprint density at radius 3 is 2.21 bits per heavy atom. The summed E-state index contributed by atoms with van der Waals surface area (Å²) in [5.74, 6) is 1.05. The van der Waals surface area contributed by atoms with Crippen molar-refractivity contribution in [3.63, 3.8) is 0 Å². The molecule has 24 heavy (non-hydrogen) atoms. The molecule has 0 atom stereocenters. The average molecular weight is 342 g/mol. The molecule has 1 rings (SSSR count). The SMILES string of the molecule is CCCCOCCOCCN=C(NCC)N1CCN(C(C)=O)CC1. The van der Waals surface area contributed by atoms with Gasteiger partial charge in [0, 0.05) is 46.3 Å². The van der Waals surface area contributed by atoms with Gasteiger partial charge < -0.3 is 24.6 Å². The molecule has 0 aliphatic carbocycles. The first-order chi connectivity index (χ1) is 11.7. The molecule has 0 bridgehead atoms. The molecule has 7 heteroatoms. The summed E-state index contributed by atoms with van der Waals surface area (Å²) in [5.41, 5.74) is 0. The van der Waals surface area contributed by atoms with Crippen LogP contribution in [0.15, 0.2) is 4.99 Å². The van der Waals surface area contributed by atoms with E-state index in [9.17, 15) is 4.79 Å². The second kappa shape index (κ2) is 13.0. The molecule has 0 aromatic rings. The molecular formula is C17H34N4O3. The molecule has 0 radical (unpaired) electrons. The number of aliphatic imine (C=N–C) groups is 1. The predicted octanol–water partition coefficient (Wildman–Crippen LogP) is 0.949. The summed E-state index contributed by atoms with van der Waals surface area (Å²) in [6.07, 6.45) is 2.26. The van der Waals surface area contributed by atoms with Crippen LogP contribution >= 0.6 is 0 Å². The van der Waals surface area contributed by atoms with Gasteiger partial charge in [-0.15, -0.1) is 0 Å². The number of rotatable bonds is 10. The van der Waals surface area contributed by atoms with Crippen molar-refractivity contribution in [2.75, 3.05) is 65.7 Å². The lowest BCUT2D eigenvalue weighted by Crippen LogP contribution is -2.53. The first-order valence-corrected chi connectivity index (χ1v) is 9.13. The van der Waals surface area contributed by atoms with Gasteiger partial charge in [-0.3, -0.25) is 9.79 Å². The number of piperazine rings is 1. The Hall–Kier alpha value is -1.34. The summed E-state index contributed by atoms with van der Waals surface area (Å²) < 4.78 is 11.0. The molecule has 1 aliphatic rings. The van der Waals surface area contributed by atoms with E-state index < -0.39 is 0 Å². The fraction of sp³-hybridized carbons (Fsp3) is 0.882. The van der Waals surface area contributed by atoms with E-state index in [1.165, 1.54) is 0 Å². The fourth-order valence-corrected chi connectivity index (χ4v) is 2.44. The molecule has 1 saturated heterocycles. The van der Waals surface area contributed by atoms with Gasteiger partial charge in [0.1, 0.15) is 0 Å². The number of hydrogen-bond donors (Lipinski definition) is 1. The third-order valence-electron chi connectivity index (χ3n) is 3.87. The Morgan fingerprint density at radius 2 is 1.62 bits per heavy atom. The minimum Gasteiger partial charge on any atom is -0.379 e. The van der Waals surface area contributed by atoms with Crippen LogP contribution in [0.1, 0.15) is 33.6 Å². The second-order valence-corrected chi connectivity index (χ2v) is 5.81. The van der Waals surface area contributed by atoms with Crippen LogP contribution in [0.3, 0.4) is 0 Å². The van der Waals surface area contributed by atoms with Crippen LogP contribution in [-0.2, 0) is 14.3 Å². The third kappa shape index (κ3) is 8.49. The minimum absolute atomic E-state index is 0.145. The van der Waals surface area contributed by atoms with Gasteiger partial charge in [-0.05, 0) is 13.3 Å². The van der Waals surface area contributed by atoms with Crippen LogP contribution in [0.4, 0.5) is 0 Å². The van der Waals surface area contributed by atoms with Crippen molar-refractivity contribution in [1.29, 1.82) is 0 Å². The van der Waals surface area contributed by atoms with E-state index in [0.717, 1.165) is 58.1 Å². The number of carbonyl (C=O) groups excluding carboxylic acids is 1. The first kappa shape index (κ1) is 20.7. The Balaban J connectivity index is 2.22. The number of carbonyl (C=O) groups is 1. The van der Waals surface area contributed by atoms with Gasteiger partial charge in [-0.2, -0.15) is 0 Å². The molecule has 0 unspecified atom stereocenters.